The molecule has 0 unspecified atom stereocenters. The predicted molar refractivity (Wildman–Crippen MR) is 119 cm³/mol. The number of phenols is 1. The van der Waals surface area contributed by atoms with Crippen LogP contribution in [0.2, 0.25) is 5.02 Å². The zero-order valence-corrected chi connectivity index (χ0v) is 17.6. The van der Waals surface area contributed by atoms with Crippen LogP contribution < -0.4 is 5.32 Å². The van der Waals surface area contributed by atoms with Crippen molar-refractivity contribution in [3.63, 3.8) is 0 Å². The maximum atomic E-state index is 12.6. The summed E-state index contributed by atoms with van der Waals surface area (Å²) in [5.41, 5.74) is 0.438. The number of rotatable bonds is 6. The molecular weight excluding hydrogens is 450 g/mol. The first-order chi connectivity index (χ1) is 14.2. The molecular formula is C19H14ClN3O5S2. The van der Waals surface area contributed by atoms with Gasteiger partial charge in [0.05, 0.1) is 15.5 Å². The molecule has 0 radical (unpaired) electrons. The van der Waals surface area contributed by atoms with Crippen LogP contribution in [-0.4, -0.2) is 37.6 Å². The van der Waals surface area contributed by atoms with Gasteiger partial charge in [-0.25, -0.2) is 0 Å². The van der Waals surface area contributed by atoms with Crippen LogP contribution in [0.4, 0.5) is 11.4 Å². The molecule has 2 N–H and O–H groups in total. The van der Waals surface area contributed by atoms with E-state index in [1.807, 2.05) is 0 Å². The summed E-state index contributed by atoms with van der Waals surface area (Å²) in [4.78, 5) is 36.8. The average molecular weight is 464 g/mol. The van der Waals surface area contributed by atoms with E-state index in [1.54, 1.807) is 30.3 Å². The van der Waals surface area contributed by atoms with Crippen LogP contribution in [0.5, 0.6) is 5.75 Å². The number of anilines is 1. The van der Waals surface area contributed by atoms with E-state index in [0.29, 0.717) is 14.2 Å². The third-order valence-electron chi connectivity index (χ3n) is 4.07. The molecule has 0 aliphatic carbocycles. The van der Waals surface area contributed by atoms with Crippen LogP contribution in [0.25, 0.3) is 6.08 Å². The topological polar surface area (TPSA) is 113 Å². The number of benzene rings is 2. The van der Waals surface area contributed by atoms with Crippen molar-refractivity contribution in [1.29, 1.82) is 0 Å². The number of nitrogens with one attached hydrogen (secondary N) is 1. The van der Waals surface area contributed by atoms with Crippen LogP contribution in [0, 0.1) is 10.1 Å². The molecule has 1 saturated heterocycles. The fraction of sp³-hybridized carbons (Fsp3) is 0.105. The third kappa shape index (κ3) is 5.15. The van der Waals surface area contributed by atoms with Gasteiger partial charge >= 0.3 is 0 Å². The molecule has 0 saturated carbocycles. The van der Waals surface area contributed by atoms with Gasteiger partial charge in [0.2, 0.25) is 5.91 Å². The molecule has 154 valence electrons. The van der Waals surface area contributed by atoms with Crippen molar-refractivity contribution < 1.29 is 19.6 Å². The Morgan fingerprint density at radius 2 is 2.00 bits per heavy atom. The van der Waals surface area contributed by atoms with Gasteiger partial charge in [0.25, 0.3) is 11.6 Å². The summed E-state index contributed by atoms with van der Waals surface area (Å²) >= 11 is 12.2. The van der Waals surface area contributed by atoms with E-state index in [9.17, 15) is 24.8 Å². The molecule has 0 spiro atoms. The van der Waals surface area contributed by atoms with Gasteiger partial charge in [-0.15, -0.1) is 0 Å². The minimum Gasteiger partial charge on any atom is -0.506 e. The molecule has 1 heterocycles. The Morgan fingerprint density at radius 3 is 2.67 bits per heavy atom. The second kappa shape index (κ2) is 9.24. The Bertz CT molecular complexity index is 1070. The summed E-state index contributed by atoms with van der Waals surface area (Å²) in [7, 11) is 0. The Hall–Kier alpha value is -2.95. The second-order valence-corrected chi connectivity index (χ2v) is 8.25. The van der Waals surface area contributed by atoms with Crippen molar-refractivity contribution in [1.82, 2.24) is 4.90 Å². The quantitative estimate of drug-likeness (QED) is 0.217. The van der Waals surface area contributed by atoms with Crippen molar-refractivity contribution in [3.05, 3.63) is 68.1 Å². The lowest BCUT2D eigenvalue weighted by Crippen LogP contribution is -2.31. The number of nitrogens with zero attached hydrogens (tertiary/aromatic N) is 2. The summed E-state index contributed by atoms with van der Waals surface area (Å²) in [6.45, 7) is 0.0319. The number of nitro groups is 1. The molecule has 8 nitrogen and oxygen atoms in total. The molecule has 11 heteroatoms. The lowest BCUT2D eigenvalue weighted by molar-refractivity contribution is -0.384. The van der Waals surface area contributed by atoms with Crippen LogP contribution in [0.3, 0.4) is 0 Å². The van der Waals surface area contributed by atoms with Gasteiger partial charge in [-0.3, -0.25) is 24.6 Å². The Morgan fingerprint density at radius 1 is 1.30 bits per heavy atom. The van der Waals surface area contributed by atoms with Crippen LogP contribution in [0.1, 0.15) is 12.0 Å². The standard InChI is InChI=1S/C19H14ClN3O5S2/c20-12-3-1-11(2-4-12)9-16-18(26)22(19(29)30-16)8-7-17(25)21-14-10-13(23(27)28)5-6-15(14)24/h1-6,9-10,24H,7-8H2,(H,21,25). The molecule has 2 amide bonds. The molecule has 1 aliphatic rings. The zero-order valence-electron chi connectivity index (χ0n) is 15.2. The highest BCUT2D eigenvalue weighted by Gasteiger charge is 2.32. The third-order valence-corrected chi connectivity index (χ3v) is 5.70. The van der Waals surface area contributed by atoms with Crippen molar-refractivity contribution in [3.8, 4) is 5.75 Å². The van der Waals surface area contributed by atoms with Gasteiger partial charge in [0.15, 0.2) is 0 Å². The molecule has 1 aliphatic heterocycles. The van der Waals surface area contributed by atoms with Gasteiger partial charge in [0.1, 0.15) is 10.1 Å². The number of thioether (sulfide) groups is 1. The Balaban J connectivity index is 1.63. The maximum absolute atomic E-state index is 12.6. The molecule has 2 aromatic rings. The normalized spacial score (nSPS) is 15.0. The number of phenolic OH excluding ortho intramolecular Hbond substituents is 1. The van der Waals surface area contributed by atoms with Crippen molar-refractivity contribution in [2.24, 2.45) is 0 Å². The molecule has 30 heavy (non-hydrogen) atoms. The molecule has 1 fully saturated rings. The van der Waals surface area contributed by atoms with E-state index < -0.39 is 10.8 Å². The summed E-state index contributed by atoms with van der Waals surface area (Å²) < 4.78 is 0.325. The Labute approximate surface area is 185 Å². The summed E-state index contributed by atoms with van der Waals surface area (Å²) in [5, 5.41) is 23.6. The number of aromatic hydroxyl groups is 1. The first kappa shape index (κ1) is 21.8. The van der Waals surface area contributed by atoms with Crippen LogP contribution in [-0.2, 0) is 9.59 Å². The van der Waals surface area contributed by atoms with Crippen molar-refractivity contribution >= 4 is 69.2 Å². The van der Waals surface area contributed by atoms with Gasteiger partial charge < -0.3 is 10.4 Å². The maximum Gasteiger partial charge on any atom is 0.271 e. The monoisotopic (exact) mass is 463 g/mol. The first-order valence-corrected chi connectivity index (χ1v) is 10.1. The number of thiocarbonyl (C=S) groups is 1. The van der Waals surface area contributed by atoms with Crippen LogP contribution >= 0.6 is 35.6 Å². The summed E-state index contributed by atoms with van der Waals surface area (Å²) in [6, 6.07) is 10.3. The van der Waals surface area contributed by atoms with E-state index in [-0.39, 0.29) is 36.0 Å². The van der Waals surface area contributed by atoms with E-state index in [4.69, 9.17) is 23.8 Å². The van der Waals surface area contributed by atoms with E-state index in [2.05, 4.69) is 5.32 Å². The number of hydrogen-bond acceptors (Lipinski definition) is 7. The Kier molecular flexibility index (Phi) is 6.70. The number of amides is 2. The van der Waals surface area contributed by atoms with Gasteiger partial charge in [0, 0.05) is 30.1 Å². The summed E-state index contributed by atoms with van der Waals surface area (Å²) in [5.74, 6) is -1.14. The highest BCUT2D eigenvalue weighted by Crippen LogP contribution is 2.33. The van der Waals surface area contributed by atoms with E-state index >= 15 is 0 Å². The van der Waals surface area contributed by atoms with Gasteiger partial charge in [-0.05, 0) is 29.8 Å². The van der Waals surface area contributed by atoms with Crippen molar-refractivity contribution in [2.45, 2.75) is 6.42 Å². The molecule has 0 aromatic heterocycles. The first-order valence-electron chi connectivity index (χ1n) is 8.53. The lowest BCUT2D eigenvalue weighted by atomic mass is 10.2. The lowest BCUT2D eigenvalue weighted by Gasteiger charge is -2.14. The highest BCUT2D eigenvalue weighted by molar-refractivity contribution is 8.26. The smallest absolute Gasteiger partial charge is 0.271 e. The second-order valence-electron chi connectivity index (χ2n) is 6.14. The molecule has 0 bridgehead atoms. The summed E-state index contributed by atoms with van der Waals surface area (Å²) in [6.07, 6.45) is 1.58. The molecule has 3 rings (SSSR count). The number of hydrogen-bond donors (Lipinski definition) is 2. The number of carbonyl (C=O) groups excluding carboxylic acids is 2. The number of nitro benzene ring substituents is 1. The minimum atomic E-state index is -0.637. The minimum absolute atomic E-state index is 0.0319. The SMILES string of the molecule is O=C(CCN1C(=O)C(=Cc2ccc(Cl)cc2)SC1=S)Nc1cc([N+](=O)[O-])ccc1O. The van der Waals surface area contributed by atoms with Crippen LogP contribution in [0.15, 0.2) is 47.4 Å². The van der Waals surface area contributed by atoms with Crippen molar-refractivity contribution in [2.75, 3.05) is 11.9 Å². The largest absolute Gasteiger partial charge is 0.506 e. The fourth-order valence-corrected chi connectivity index (χ4v) is 4.00. The van der Waals surface area contributed by atoms with E-state index in [0.717, 1.165) is 35.5 Å². The fourth-order valence-electron chi connectivity index (χ4n) is 2.57. The average Bonchev–Trinajstić information content (AvgIpc) is 2.96. The van der Waals surface area contributed by atoms with Gasteiger partial charge in [-0.1, -0.05) is 47.7 Å². The zero-order chi connectivity index (χ0) is 21.8. The number of non-ortho nitro benzene ring substituents is 1. The number of carbonyl (C=O) groups is 2. The van der Waals surface area contributed by atoms with E-state index in [1.165, 1.54) is 4.90 Å². The predicted octanol–water partition coefficient (Wildman–Crippen LogP) is 4.18. The molecule has 0 atom stereocenters. The number of halogens is 1. The van der Waals surface area contributed by atoms with Gasteiger partial charge in [-0.2, -0.15) is 0 Å². The highest BCUT2D eigenvalue weighted by atomic mass is 35.5. The molecule has 2 aromatic carbocycles.